The molecule has 0 amide bonds. The molecule has 3 nitrogen and oxygen atoms in total. The predicted molar refractivity (Wildman–Crippen MR) is 55.6 cm³/mol. The fourth-order valence-corrected chi connectivity index (χ4v) is 2.22. The van der Waals surface area contributed by atoms with Gasteiger partial charge in [-0.2, -0.15) is 0 Å². The van der Waals surface area contributed by atoms with E-state index in [0.717, 1.165) is 0 Å². The van der Waals surface area contributed by atoms with Crippen molar-refractivity contribution in [2.75, 3.05) is 7.11 Å². The summed E-state index contributed by atoms with van der Waals surface area (Å²) in [4.78, 5) is 0. The largest absolute Gasteiger partial charge is 0.380 e. The first kappa shape index (κ1) is 12.4. The van der Waals surface area contributed by atoms with Crippen molar-refractivity contribution in [2.45, 2.75) is 12.4 Å². The SMILES string of the molecule is COCc1cc(F)ccc1CS(=O)(=O)Cl. The van der Waals surface area contributed by atoms with E-state index in [4.69, 9.17) is 15.4 Å². The molecule has 0 fully saturated rings. The molecule has 0 aliphatic rings. The third kappa shape index (κ3) is 4.15. The van der Waals surface area contributed by atoms with Crippen LogP contribution < -0.4 is 0 Å². The molecule has 0 saturated heterocycles. The summed E-state index contributed by atoms with van der Waals surface area (Å²) in [5, 5.41) is 0. The Bertz CT molecular complexity index is 445. The molecule has 1 aromatic carbocycles. The molecule has 0 spiro atoms. The minimum absolute atomic E-state index is 0.152. The summed E-state index contributed by atoms with van der Waals surface area (Å²) in [6, 6.07) is 3.82. The molecule has 84 valence electrons. The number of benzene rings is 1. The number of hydrogen-bond acceptors (Lipinski definition) is 3. The van der Waals surface area contributed by atoms with E-state index in [0.29, 0.717) is 11.1 Å². The highest BCUT2D eigenvalue weighted by atomic mass is 35.7. The quantitative estimate of drug-likeness (QED) is 0.771. The third-order valence-corrected chi connectivity index (χ3v) is 2.78. The summed E-state index contributed by atoms with van der Waals surface area (Å²) in [7, 11) is 2.93. The van der Waals surface area contributed by atoms with Gasteiger partial charge in [-0.3, -0.25) is 0 Å². The maximum absolute atomic E-state index is 12.9. The van der Waals surface area contributed by atoms with Crippen molar-refractivity contribution in [1.82, 2.24) is 0 Å². The van der Waals surface area contributed by atoms with Crippen LogP contribution in [0.5, 0.6) is 0 Å². The lowest BCUT2D eigenvalue weighted by molar-refractivity contribution is 0.184. The lowest BCUT2D eigenvalue weighted by atomic mass is 10.1. The average Bonchev–Trinajstić information content (AvgIpc) is 2.08. The van der Waals surface area contributed by atoms with Gasteiger partial charge >= 0.3 is 0 Å². The zero-order chi connectivity index (χ0) is 11.5. The van der Waals surface area contributed by atoms with Crippen molar-refractivity contribution in [3.05, 3.63) is 35.1 Å². The van der Waals surface area contributed by atoms with Gasteiger partial charge in [0.05, 0.1) is 12.4 Å². The molecule has 0 heterocycles. The second kappa shape index (κ2) is 4.92. The lowest BCUT2D eigenvalue weighted by Gasteiger charge is -2.07. The van der Waals surface area contributed by atoms with Crippen molar-refractivity contribution in [3.63, 3.8) is 0 Å². The van der Waals surface area contributed by atoms with Crippen molar-refractivity contribution in [3.8, 4) is 0 Å². The topological polar surface area (TPSA) is 43.4 Å². The van der Waals surface area contributed by atoms with Crippen LogP contribution in [-0.2, 0) is 26.1 Å². The zero-order valence-electron chi connectivity index (χ0n) is 8.04. The van der Waals surface area contributed by atoms with Crippen LogP contribution in [0.2, 0.25) is 0 Å². The molecule has 0 atom stereocenters. The molecular formula is C9H10ClFO3S. The van der Waals surface area contributed by atoms with Gasteiger partial charge in [0.2, 0.25) is 9.05 Å². The Morgan fingerprint density at radius 2 is 2.07 bits per heavy atom. The third-order valence-electron chi connectivity index (χ3n) is 1.80. The van der Waals surface area contributed by atoms with Crippen LogP contribution in [-0.4, -0.2) is 15.5 Å². The van der Waals surface area contributed by atoms with Gasteiger partial charge < -0.3 is 4.74 Å². The van der Waals surface area contributed by atoms with Gasteiger partial charge in [0, 0.05) is 17.8 Å². The number of halogens is 2. The van der Waals surface area contributed by atoms with Crippen LogP contribution in [0.15, 0.2) is 18.2 Å². The van der Waals surface area contributed by atoms with Crippen LogP contribution in [0.25, 0.3) is 0 Å². The summed E-state index contributed by atoms with van der Waals surface area (Å²) >= 11 is 0. The predicted octanol–water partition coefficient (Wildman–Crippen LogP) is 2.04. The summed E-state index contributed by atoms with van der Waals surface area (Å²) in [6.07, 6.45) is 0. The van der Waals surface area contributed by atoms with E-state index in [9.17, 15) is 12.8 Å². The van der Waals surface area contributed by atoms with Gasteiger partial charge in [-0.05, 0) is 23.3 Å². The fraction of sp³-hybridized carbons (Fsp3) is 0.333. The van der Waals surface area contributed by atoms with Crippen LogP contribution in [0, 0.1) is 5.82 Å². The Balaban J connectivity index is 3.05. The first-order valence-electron chi connectivity index (χ1n) is 4.11. The van der Waals surface area contributed by atoms with Crippen molar-refractivity contribution in [1.29, 1.82) is 0 Å². The van der Waals surface area contributed by atoms with E-state index in [1.807, 2.05) is 0 Å². The van der Waals surface area contributed by atoms with E-state index in [1.54, 1.807) is 0 Å². The molecule has 15 heavy (non-hydrogen) atoms. The second-order valence-corrected chi connectivity index (χ2v) is 5.81. The van der Waals surface area contributed by atoms with E-state index >= 15 is 0 Å². The zero-order valence-corrected chi connectivity index (χ0v) is 9.61. The Morgan fingerprint density at radius 3 is 2.60 bits per heavy atom. The molecule has 6 heteroatoms. The summed E-state index contributed by atoms with van der Waals surface area (Å²) in [6.45, 7) is 0.152. The average molecular weight is 253 g/mol. The summed E-state index contributed by atoms with van der Waals surface area (Å²) in [5.41, 5.74) is 0.940. The van der Waals surface area contributed by atoms with Gasteiger partial charge in [-0.15, -0.1) is 0 Å². The van der Waals surface area contributed by atoms with Crippen LogP contribution in [0.4, 0.5) is 4.39 Å². The van der Waals surface area contributed by atoms with E-state index in [2.05, 4.69) is 0 Å². The Morgan fingerprint density at radius 1 is 1.40 bits per heavy atom. The first-order valence-corrected chi connectivity index (χ1v) is 6.59. The van der Waals surface area contributed by atoms with Crippen LogP contribution >= 0.6 is 10.7 Å². The maximum atomic E-state index is 12.9. The Kier molecular flexibility index (Phi) is 4.07. The van der Waals surface area contributed by atoms with Crippen LogP contribution in [0.1, 0.15) is 11.1 Å². The van der Waals surface area contributed by atoms with Gasteiger partial charge in [0.15, 0.2) is 0 Å². The molecule has 0 N–H and O–H groups in total. The van der Waals surface area contributed by atoms with Gasteiger partial charge in [0.1, 0.15) is 5.82 Å². The standard InChI is InChI=1S/C9H10ClFO3S/c1-14-5-8-4-9(11)3-2-7(8)6-15(10,12)13/h2-4H,5-6H2,1H3. The summed E-state index contributed by atoms with van der Waals surface area (Å²) in [5.74, 6) is -0.758. The van der Waals surface area contributed by atoms with Gasteiger partial charge in [-0.1, -0.05) is 6.07 Å². The van der Waals surface area contributed by atoms with Crippen LogP contribution in [0.3, 0.4) is 0 Å². The molecule has 0 radical (unpaired) electrons. The lowest BCUT2D eigenvalue weighted by Crippen LogP contribution is -2.01. The molecule has 0 saturated carbocycles. The normalized spacial score (nSPS) is 11.7. The Labute approximate surface area is 92.2 Å². The highest BCUT2D eigenvalue weighted by molar-refractivity contribution is 8.13. The molecule has 0 aromatic heterocycles. The van der Waals surface area contributed by atoms with Crippen molar-refractivity contribution in [2.24, 2.45) is 0 Å². The highest BCUT2D eigenvalue weighted by Gasteiger charge is 2.11. The van der Waals surface area contributed by atoms with E-state index in [-0.39, 0.29) is 12.4 Å². The fourth-order valence-electron chi connectivity index (χ4n) is 1.21. The molecule has 1 aromatic rings. The van der Waals surface area contributed by atoms with E-state index in [1.165, 1.54) is 25.3 Å². The van der Waals surface area contributed by atoms with E-state index < -0.39 is 14.9 Å². The molecular weight excluding hydrogens is 243 g/mol. The highest BCUT2D eigenvalue weighted by Crippen LogP contribution is 2.17. The second-order valence-electron chi connectivity index (χ2n) is 3.03. The maximum Gasteiger partial charge on any atom is 0.236 e. The van der Waals surface area contributed by atoms with Crippen molar-refractivity contribution >= 4 is 19.7 Å². The number of hydrogen-bond donors (Lipinski definition) is 0. The number of ether oxygens (including phenoxy) is 1. The van der Waals surface area contributed by atoms with Gasteiger partial charge in [0.25, 0.3) is 0 Å². The minimum atomic E-state index is -3.64. The minimum Gasteiger partial charge on any atom is -0.380 e. The van der Waals surface area contributed by atoms with Gasteiger partial charge in [-0.25, -0.2) is 12.8 Å². The molecule has 0 unspecified atom stereocenters. The summed E-state index contributed by atoms with van der Waals surface area (Å²) < 4.78 is 39.4. The molecule has 1 rings (SSSR count). The monoisotopic (exact) mass is 252 g/mol. The molecule has 0 aliphatic carbocycles. The smallest absolute Gasteiger partial charge is 0.236 e. The number of methoxy groups -OCH3 is 1. The Hall–Kier alpha value is -0.650. The first-order chi connectivity index (χ1) is 6.92. The molecule has 0 bridgehead atoms. The molecule has 0 aliphatic heterocycles. The van der Waals surface area contributed by atoms with Crippen molar-refractivity contribution < 1.29 is 17.5 Å². The number of rotatable bonds is 4.